The Hall–Kier alpha value is -2.81. The summed E-state index contributed by atoms with van der Waals surface area (Å²) in [6, 6.07) is 8.13. The summed E-state index contributed by atoms with van der Waals surface area (Å²) in [5.74, 6) is 0.671. The largest absolute Gasteiger partial charge is 0.459 e. The van der Waals surface area contributed by atoms with Crippen molar-refractivity contribution in [2.75, 3.05) is 0 Å². The predicted molar refractivity (Wildman–Crippen MR) is 94.7 cm³/mol. The number of ether oxygens (including phenoxy) is 2. The molecular weight excluding hydrogens is 334 g/mol. The smallest absolute Gasteiger partial charge is 0.417 e. The third-order valence-corrected chi connectivity index (χ3v) is 3.86. The Morgan fingerprint density at radius 2 is 1.92 bits per heavy atom. The summed E-state index contributed by atoms with van der Waals surface area (Å²) in [6.45, 7) is 5.12. The van der Waals surface area contributed by atoms with Gasteiger partial charge in [0, 0.05) is 6.42 Å². The molecule has 2 atom stereocenters. The summed E-state index contributed by atoms with van der Waals surface area (Å²) in [7, 11) is 0. The Kier molecular flexibility index (Phi) is 6.04. The first-order valence-corrected chi connectivity index (χ1v) is 8.43. The molecular formula is C20H23NO5. The number of carbonyl (C=O) groups is 3. The number of terminal acetylenes is 1. The molecule has 1 fully saturated rings. The molecule has 6 nitrogen and oxygen atoms in total. The molecule has 0 N–H and O–H groups in total. The van der Waals surface area contributed by atoms with Crippen LogP contribution in [0.25, 0.3) is 0 Å². The normalized spacial score (nSPS) is 19.8. The van der Waals surface area contributed by atoms with Crippen LogP contribution in [-0.2, 0) is 25.7 Å². The van der Waals surface area contributed by atoms with Crippen LogP contribution in [0, 0.1) is 18.3 Å². The molecule has 1 aliphatic heterocycles. The highest BCUT2D eigenvalue weighted by Gasteiger charge is 2.48. The quantitative estimate of drug-likeness (QED) is 0.612. The first-order valence-electron chi connectivity index (χ1n) is 8.43. The molecule has 0 radical (unpaired) electrons. The molecule has 138 valence electrons. The lowest BCUT2D eigenvalue weighted by Crippen LogP contribution is -2.46. The number of likely N-dealkylation sites (tertiary alicyclic amines) is 1. The molecule has 2 rings (SSSR count). The van der Waals surface area contributed by atoms with Gasteiger partial charge in [0.05, 0.1) is 5.92 Å². The van der Waals surface area contributed by atoms with Gasteiger partial charge in [-0.05, 0) is 32.8 Å². The zero-order valence-corrected chi connectivity index (χ0v) is 15.2. The summed E-state index contributed by atoms with van der Waals surface area (Å²) in [5, 5.41) is 0. The van der Waals surface area contributed by atoms with Gasteiger partial charge in [-0.3, -0.25) is 4.79 Å². The number of esters is 1. The van der Waals surface area contributed by atoms with Gasteiger partial charge in [0.2, 0.25) is 5.91 Å². The maximum Gasteiger partial charge on any atom is 0.417 e. The van der Waals surface area contributed by atoms with E-state index in [9.17, 15) is 14.4 Å². The fourth-order valence-corrected chi connectivity index (χ4v) is 2.69. The van der Waals surface area contributed by atoms with E-state index in [0.717, 1.165) is 10.5 Å². The van der Waals surface area contributed by atoms with Crippen LogP contribution in [0.5, 0.6) is 0 Å². The Bertz CT molecular complexity index is 714. The first kappa shape index (κ1) is 19.5. The molecule has 26 heavy (non-hydrogen) atoms. The van der Waals surface area contributed by atoms with Gasteiger partial charge < -0.3 is 9.47 Å². The van der Waals surface area contributed by atoms with Crippen molar-refractivity contribution < 1.29 is 23.9 Å². The van der Waals surface area contributed by atoms with Gasteiger partial charge >= 0.3 is 12.1 Å². The lowest BCUT2D eigenvalue weighted by molar-refractivity contribution is -0.152. The number of rotatable bonds is 4. The Morgan fingerprint density at radius 1 is 1.27 bits per heavy atom. The maximum absolute atomic E-state index is 12.5. The molecule has 1 aromatic rings. The van der Waals surface area contributed by atoms with E-state index in [4.69, 9.17) is 15.9 Å². The number of imide groups is 1. The van der Waals surface area contributed by atoms with Crippen molar-refractivity contribution in [2.45, 2.75) is 51.9 Å². The van der Waals surface area contributed by atoms with E-state index in [0.29, 0.717) is 0 Å². The molecule has 0 aromatic heterocycles. The van der Waals surface area contributed by atoms with Crippen LogP contribution < -0.4 is 0 Å². The van der Waals surface area contributed by atoms with Crippen LogP contribution in [0.4, 0.5) is 4.79 Å². The standard InChI is InChI=1S/C20H23NO5/c1-5-9-15-12-16(18(23)25-13-14-10-7-6-8-11-14)21(17(15)22)19(24)26-20(2,3)4/h1,6-8,10-11,15-16H,9,12-13H2,2-4H3/t15-,16+/m1/s1. The summed E-state index contributed by atoms with van der Waals surface area (Å²) < 4.78 is 10.6. The number of carbonyl (C=O) groups excluding carboxylic acids is 3. The maximum atomic E-state index is 12.5. The minimum Gasteiger partial charge on any atom is -0.459 e. The lowest BCUT2D eigenvalue weighted by atomic mass is 10.0. The van der Waals surface area contributed by atoms with Crippen molar-refractivity contribution >= 4 is 18.0 Å². The summed E-state index contributed by atoms with van der Waals surface area (Å²) in [4.78, 5) is 38.3. The first-order chi connectivity index (χ1) is 12.2. The highest BCUT2D eigenvalue weighted by atomic mass is 16.6. The molecule has 1 aliphatic rings. The number of hydrogen-bond donors (Lipinski definition) is 0. The van der Waals surface area contributed by atoms with E-state index in [1.807, 2.05) is 30.3 Å². The SMILES string of the molecule is C#CC[C@@H]1C[C@@H](C(=O)OCc2ccccc2)N(C(=O)OC(C)(C)C)C1=O. The molecule has 1 aromatic carbocycles. The summed E-state index contributed by atoms with van der Waals surface area (Å²) in [6.07, 6.45) is 4.73. The van der Waals surface area contributed by atoms with Crippen LogP contribution in [0.3, 0.4) is 0 Å². The van der Waals surface area contributed by atoms with Crippen molar-refractivity contribution in [1.82, 2.24) is 4.90 Å². The average molecular weight is 357 g/mol. The number of benzene rings is 1. The van der Waals surface area contributed by atoms with Crippen LogP contribution in [0.1, 0.15) is 39.2 Å². The van der Waals surface area contributed by atoms with Crippen molar-refractivity contribution in [3.05, 3.63) is 35.9 Å². The average Bonchev–Trinajstić information content (AvgIpc) is 2.89. The van der Waals surface area contributed by atoms with E-state index in [1.165, 1.54) is 0 Å². The van der Waals surface area contributed by atoms with E-state index in [-0.39, 0.29) is 19.4 Å². The fraction of sp³-hybridized carbons (Fsp3) is 0.450. The van der Waals surface area contributed by atoms with Gasteiger partial charge in [0.25, 0.3) is 0 Å². The molecule has 0 aliphatic carbocycles. The summed E-state index contributed by atoms with van der Waals surface area (Å²) >= 11 is 0. The minimum atomic E-state index is -1.03. The molecule has 1 saturated heterocycles. The molecule has 0 bridgehead atoms. The molecule has 0 spiro atoms. The Balaban J connectivity index is 2.13. The van der Waals surface area contributed by atoms with E-state index in [1.54, 1.807) is 20.8 Å². The fourth-order valence-electron chi connectivity index (χ4n) is 2.69. The van der Waals surface area contributed by atoms with Crippen LogP contribution in [0.2, 0.25) is 0 Å². The molecule has 1 heterocycles. The van der Waals surface area contributed by atoms with E-state index >= 15 is 0 Å². The third kappa shape index (κ3) is 4.85. The van der Waals surface area contributed by atoms with Gasteiger partial charge in [0.1, 0.15) is 18.2 Å². The second-order valence-corrected chi connectivity index (χ2v) is 7.14. The van der Waals surface area contributed by atoms with Crippen LogP contribution >= 0.6 is 0 Å². The lowest BCUT2D eigenvalue weighted by Gasteiger charge is -2.26. The van der Waals surface area contributed by atoms with E-state index < -0.39 is 35.5 Å². The molecule has 6 heteroatoms. The van der Waals surface area contributed by atoms with Crippen LogP contribution in [0.15, 0.2) is 30.3 Å². The van der Waals surface area contributed by atoms with Gasteiger partial charge in [-0.2, -0.15) is 0 Å². The summed E-state index contributed by atoms with van der Waals surface area (Å²) in [5.41, 5.74) is 0.0224. The minimum absolute atomic E-state index is 0.0618. The second kappa shape index (κ2) is 8.05. The van der Waals surface area contributed by atoms with Gasteiger partial charge in [-0.15, -0.1) is 12.3 Å². The zero-order chi connectivity index (χ0) is 19.3. The van der Waals surface area contributed by atoms with Crippen molar-refractivity contribution in [2.24, 2.45) is 5.92 Å². The number of hydrogen-bond acceptors (Lipinski definition) is 5. The monoisotopic (exact) mass is 357 g/mol. The molecule has 2 amide bonds. The zero-order valence-electron chi connectivity index (χ0n) is 15.2. The van der Waals surface area contributed by atoms with Crippen molar-refractivity contribution in [1.29, 1.82) is 0 Å². The highest BCUT2D eigenvalue weighted by Crippen LogP contribution is 2.30. The van der Waals surface area contributed by atoms with Gasteiger partial charge in [0.15, 0.2) is 0 Å². The van der Waals surface area contributed by atoms with Crippen molar-refractivity contribution in [3.8, 4) is 12.3 Å². The van der Waals surface area contributed by atoms with Crippen molar-refractivity contribution in [3.63, 3.8) is 0 Å². The third-order valence-electron chi connectivity index (χ3n) is 3.86. The molecule has 0 unspecified atom stereocenters. The van der Waals surface area contributed by atoms with Gasteiger partial charge in [-0.25, -0.2) is 14.5 Å². The van der Waals surface area contributed by atoms with Crippen LogP contribution in [-0.4, -0.2) is 34.5 Å². The highest BCUT2D eigenvalue weighted by molar-refractivity contribution is 6.00. The Morgan fingerprint density at radius 3 is 2.50 bits per heavy atom. The van der Waals surface area contributed by atoms with E-state index in [2.05, 4.69) is 5.92 Å². The second-order valence-electron chi connectivity index (χ2n) is 7.14. The number of amides is 2. The Labute approximate surface area is 153 Å². The molecule has 0 saturated carbocycles. The predicted octanol–water partition coefficient (Wildman–Crippen LogP) is 2.91. The number of nitrogens with zero attached hydrogens (tertiary/aromatic N) is 1. The topological polar surface area (TPSA) is 72.9 Å². The van der Waals surface area contributed by atoms with Gasteiger partial charge in [-0.1, -0.05) is 30.3 Å².